The minimum Gasteiger partial charge on any atom is -0.310 e. The molecule has 0 radical (unpaired) electrons. The van der Waals surface area contributed by atoms with Gasteiger partial charge in [0.2, 0.25) is 0 Å². The maximum Gasteiger partial charge on any atom is 0.0775 e. The van der Waals surface area contributed by atoms with Crippen molar-refractivity contribution in [2.45, 2.75) is 45.8 Å². The standard InChI is InChI=1S/C51H48N2Si/c1-51(2,3)41-25-31-44(32-26-41)52(49-19-11-15-39-13-7-9-17-47(39)49)42-27-21-37(22-28-42)38-23-29-43(30-24-38)53(45-33-35-46(36-34-45)54(4,5)6)50-20-12-16-40-14-8-10-18-48(40)50/h7-36H,1-6H3/i8D,10D,12D,14D,16D,20D. The summed E-state index contributed by atoms with van der Waals surface area (Å²) < 4.78 is 52.3. The fourth-order valence-corrected chi connectivity index (χ4v) is 8.26. The molecule has 8 rings (SSSR count). The molecule has 0 heterocycles. The second-order valence-electron chi connectivity index (χ2n) is 15.9. The van der Waals surface area contributed by atoms with Crippen LogP contribution in [0.4, 0.5) is 34.1 Å². The van der Waals surface area contributed by atoms with Crippen molar-refractivity contribution in [3.05, 3.63) is 187 Å². The molecule has 54 heavy (non-hydrogen) atoms. The molecule has 3 heteroatoms. The van der Waals surface area contributed by atoms with Gasteiger partial charge in [0.05, 0.1) is 27.7 Å². The fraction of sp³-hybridized carbons (Fsp3) is 0.137. The van der Waals surface area contributed by atoms with E-state index < -0.39 is 8.07 Å². The van der Waals surface area contributed by atoms with Crippen LogP contribution in [-0.2, 0) is 5.41 Å². The first kappa shape index (κ1) is 28.6. The summed E-state index contributed by atoms with van der Waals surface area (Å²) in [5.41, 5.74) is 8.28. The van der Waals surface area contributed by atoms with Gasteiger partial charge in [-0.05, 0) is 93.5 Å². The van der Waals surface area contributed by atoms with Gasteiger partial charge in [-0.1, -0.05) is 167 Å². The van der Waals surface area contributed by atoms with Crippen molar-refractivity contribution in [2.24, 2.45) is 0 Å². The lowest BCUT2D eigenvalue weighted by Crippen LogP contribution is -2.37. The third-order valence-electron chi connectivity index (χ3n) is 10.2. The average Bonchev–Trinajstić information content (AvgIpc) is 3.23. The first-order chi connectivity index (χ1) is 28.5. The molecule has 2 nitrogen and oxygen atoms in total. The third kappa shape index (κ3) is 6.96. The van der Waals surface area contributed by atoms with Crippen molar-refractivity contribution in [1.82, 2.24) is 0 Å². The second kappa shape index (κ2) is 14.2. The van der Waals surface area contributed by atoms with Crippen LogP contribution in [0.2, 0.25) is 19.6 Å². The number of anilines is 6. The molecule has 0 spiro atoms. The molecule has 0 fully saturated rings. The summed E-state index contributed by atoms with van der Waals surface area (Å²) in [4.78, 5) is 4.20. The number of hydrogen-bond acceptors (Lipinski definition) is 2. The summed E-state index contributed by atoms with van der Waals surface area (Å²) >= 11 is 0. The Labute approximate surface area is 330 Å². The zero-order valence-electron chi connectivity index (χ0n) is 37.8. The molecule has 0 unspecified atom stereocenters. The predicted molar refractivity (Wildman–Crippen MR) is 238 cm³/mol. The smallest absolute Gasteiger partial charge is 0.0775 e. The molecule has 0 amide bonds. The molecule has 266 valence electrons. The van der Waals surface area contributed by atoms with Crippen LogP contribution in [0.25, 0.3) is 32.7 Å². The van der Waals surface area contributed by atoms with Gasteiger partial charge in [0.1, 0.15) is 0 Å². The zero-order chi connectivity index (χ0) is 42.7. The van der Waals surface area contributed by atoms with Gasteiger partial charge < -0.3 is 9.80 Å². The van der Waals surface area contributed by atoms with E-state index in [-0.39, 0.29) is 47.1 Å². The van der Waals surface area contributed by atoms with Gasteiger partial charge in [-0.15, -0.1) is 0 Å². The Hall–Kier alpha value is -5.90. The van der Waals surface area contributed by atoms with Crippen LogP contribution in [0, 0.1) is 0 Å². The van der Waals surface area contributed by atoms with E-state index in [1.807, 2.05) is 41.3 Å². The average molecular weight is 723 g/mol. The number of rotatable bonds is 8. The Balaban J connectivity index is 1.22. The van der Waals surface area contributed by atoms with Gasteiger partial charge in [-0.2, -0.15) is 0 Å². The van der Waals surface area contributed by atoms with Crippen molar-refractivity contribution < 1.29 is 8.22 Å². The molecule has 0 N–H and O–H groups in total. The summed E-state index contributed by atoms with van der Waals surface area (Å²) in [5.74, 6) is 0. The Kier molecular flexibility index (Phi) is 7.49. The van der Waals surface area contributed by atoms with E-state index in [1.54, 1.807) is 0 Å². The van der Waals surface area contributed by atoms with Crippen molar-refractivity contribution in [2.75, 3.05) is 9.80 Å². The van der Waals surface area contributed by atoms with Crippen LogP contribution >= 0.6 is 0 Å². The topological polar surface area (TPSA) is 6.48 Å². The lowest BCUT2D eigenvalue weighted by atomic mass is 9.87. The van der Waals surface area contributed by atoms with Crippen LogP contribution in [0.15, 0.2) is 182 Å². The number of hydrogen-bond donors (Lipinski definition) is 0. The van der Waals surface area contributed by atoms with E-state index in [1.165, 1.54) is 22.2 Å². The Morgan fingerprint density at radius 1 is 0.444 bits per heavy atom. The van der Waals surface area contributed by atoms with Gasteiger partial charge in [-0.3, -0.25) is 0 Å². The molecule has 0 aliphatic carbocycles. The van der Waals surface area contributed by atoms with Crippen LogP contribution in [0.1, 0.15) is 34.6 Å². The number of fused-ring (bicyclic) bond motifs is 2. The number of nitrogens with zero attached hydrogens (tertiary/aromatic N) is 2. The summed E-state index contributed by atoms with van der Waals surface area (Å²) in [7, 11) is -1.64. The minimum absolute atomic E-state index is 0.0347. The molecular formula is C51H48N2Si. The van der Waals surface area contributed by atoms with Gasteiger partial charge in [-0.25, -0.2) is 0 Å². The molecule has 8 aromatic rings. The first-order valence-corrected chi connectivity index (χ1v) is 22.0. The highest BCUT2D eigenvalue weighted by Crippen LogP contribution is 2.42. The Morgan fingerprint density at radius 3 is 1.54 bits per heavy atom. The van der Waals surface area contributed by atoms with Crippen molar-refractivity contribution >= 4 is 68.9 Å². The van der Waals surface area contributed by atoms with E-state index in [4.69, 9.17) is 6.85 Å². The Bertz CT molecular complexity index is 2870. The highest BCUT2D eigenvalue weighted by Gasteiger charge is 2.21. The van der Waals surface area contributed by atoms with Crippen LogP contribution in [0.5, 0.6) is 0 Å². The third-order valence-corrected chi connectivity index (χ3v) is 12.2. The van der Waals surface area contributed by atoms with E-state index in [2.05, 4.69) is 148 Å². The van der Waals surface area contributed by atoms with Crippen LogP contribution in [0.3, 0.4) is 0 Å². The lowest BCUT2D eigenvalue weighted by molar-refractivity contribution is 0.590. The van der Waals surface area contributed by atoms with Crippen molar-refractivity contribution in [3.8, 4) is 11.1 Å². The van der Waals surface area contributed by atoms with Crippen molar-refractivity contribution in [3.63, 3.8) is 0 Å². The molecule has 0 atom stereocenters. The molecule has 8 aromatic carbocycles. The quantitative estimate of drug-likeness (QED) is 0.144. The van der Waals surface area contributed by atoms with E-state index >= 15 is 0 Å². The van der Waals surface area contributed by atoms with E-state index in [0.29, 0.717) is 11.1 Å². The molecule has 0 bridgehead atoms. The number of benzene rings is 8. The lowest BCUT2D eigenvalue weighted by Gasteiger charge is -2.28. The summed E-state index contributed by atoms with van der Waals surface area (Å²) in [6.45, 7) is 13.5. The van der Waals surface area contributed by atoms with Crippen LogP contribution < -0.4 is 15.0 Å². The summed E-state index contributed by atoms with van der Waals surface area (Å²) in [6.07, 6.45) is 0. The van der Waals surface area contributed by atoms with Gasteiger partial charge in [0.15, 0.2) is 0 Å². The maximum absolute atomic E-state index is 9.21. The largest absolute Gasteiger partial charge is 0.310 e. The molecule has 0 aliphatic heterocycles. The molecule has 0 saturated heterocycles. The second-order valence-corrected chi connectivity index (χ2v) is 21.0. The molecular weight excluding hydrogens is 669 g/mol. The Morgan fingerprint density at radius 2 is 0.944 bits per heavy atom. The monoisotopic (exact) mass is 722 g/mol. The van der Waals surface area contributed by atoms with Gasteiger partial charge in [0, 0.05) is 33.5 Å². The van der Waals surface area contributed by atoms with Crippen LogP contribution in [-0.4, -0.2) is 8.07 Å². The normalized spacial score (nSPS) is 13.4. The molecule has 0 aliphatic rings. The SMILES string of the molecule is [2H]c1cc2c(N(c3ccc(-c4ccc(N(c5ccc(C(C)(C)C)cc5)c5cccc6ccccc56)cc4)cc3)c3ccc([Si](C)(C)C)cc3)c([2H])c([2H])c([2H])c2c([2H])c1[2H]. The molecule has 0 aromatic heterocycles. The fourth-order valence-electron chi connectivity index (χ4n) is 7.09. The highest BCUT2D eigenvalue weighted by molar-refractivity contribution is 6.88. The molecule has 0 saturated carbocycles. The van der Waals surface area contributed by atoms with Gasteiger partial charge >= 0.3 is 0 Å². The van der Waals surface area contributed by atoms with Gasteiger partial charge in [0.25, 0.3) is 0 Å². The predicted octanol–water partition coefficient (Wildman–Crippen LogP) is 14.4. The summed E-state index contributed by atoms with van der Waals surface area (Å²) in [5, 5.41) is 4.02. The summed E-state index contributed by atoms with van der Waals surface area (Å²) in [6, 6.07) is 48.6. The van der Waals surface area contributed by atoms with E-state index in [0.717, 1.165) is 45.0 Å². The highest BCUT2D eigenvalue weighted by atomic mass is 28.3. The van der Waals surface area contributed by atoms with E-state index in [9.17, 15) is 1.37 Å². The first-order valence-electron chi connectivity index (χ1n) is 21.5. The maximum atomic E-state index is 9.21. The zero-order valence-corrected chi connectivity index (χ0v) is 32.8. The minimum atomic E-state index is -1.64. The van der Waals surface area contributed by atoms with Crippen molar-refractivity contribution in [1.29, 1.82) is 0 Å².